The van der Waals surface area contributed by atoms with Gasteiger partial charge in [0.25, 0.3) is 0 Å². The number of rotatable bonds is 2. The number of nitrogens with one attached hydrogen (secondary N) is 1. The summed E-state index contributed by atoms with van der Waals surface area (Å²) in [7, 11) is 0. The number of nitrogens with zero attached hydrogens (tertiary/aromatic N) is 2. The van der Waals surface area contributed by atoms with E-state index in [1.54, 1.807) is 6.92 Å². The molecule has 1 heterocycles. The summed E-state index contributed by atoms with van der Waals surface area (Å²) in [5.41, 5.74) is 2.17. The highest BCUT2D eigenvalue weighted by Gasteiger charge is 2.14. The van der Waals surface area contributed by atoms with E-state index in [0.717, 1.165) is 10.0 Å². The van der Waals surface area contributed by atoms with Crippen molar-refractivity contribution in [3.8, 4) is 11.3 Å². The van der Waals surface area contributed by atoms with E-state index in [2.05, 4.69) is 31.3 Å². The lowest BCUT2D eigenvalue weighted by Crippen LogP contribution is -1.94. The minimum Gasteiger partial charge on any atom is -0.387 e. The zero-order valence-electron chi connectivity index (χ0n) is 8.11. The second-order valence-electron chi connectivity index (χ2n) is 3.24. The van der Waals surface area contributed by atoms with Gasteiger partial charge in [-0.25, -0.2) is 0 Å². The summed E-state index contributed by atoms with van der Waals surface area (Å²) in [6.45, 7) is 1.67. The van der Waals surface area contributed by atoms with Crippen molar-refractivity contribution < 1.29 is 5.11 Å². The molecule has 1 atom stereocenters. The highest BCUT2D eigenvalue weighted by Crippen LogP contribution is 2.26. The summed E-state index contributed by atoms with van der Waals surface area (Å²) < 4.78 is 0.972. The number of hydrogen-bond acceptors (Lipinski definition) is 3. The molecule has 2 rings (SSSR count). The lowest BCUT2D eigenvalue weighted by Gasteiger charge is -2.03. The molecule has 0 aliphatic rings. The predicted molar refractivity (Wildman–Crippen MR) is 60.2 cm³/mol. The summed E-state index contributed by atoms with van der Waals surface area (Å²) in [4.78, 5) is 0. The Morgan fingerprint density at radius 2 is 2.20 bits per heavy atom. The minimum atomic E-state index is -0.627. The number of aliphatic hydroxyl groups excluding tert-OH is 1. The van der Waals surface area contributed by atoms with E-state index in [1.165, 1.54) is 0 Å². The van der Waals surface area contributed by atoms with Gasteiger partial charge in [-0.2, -0.15) is 15.4 Å². The van der Waals surface area contributed by atoms with Crippen LogP contribution in [-0.4, -0.2) is 20.5 Å². The molecule has 0 amide bonds. The number of aromatic amines is 1. The Morgan fingerprint density at radius 1 is 1.40 bits per heavy atom. The smallest absolute Gasteiger partial charge is 0.119 e. The maximum atomic E-state index is 9.49. The van der Waals surface area contributed by atoms with Gasteiger partial charge in [-0.3, -0.25) is 0 Å². The van der Waals surface area contributed by atoms with Crippen molar-refractivity contribution in [2.24, 2.45) is 0 Å². The fourth-order valence-corrected chi connectivity index (χ4v) is 1.78. The van der Waals surface area contributed by atoms with Gasteiger partial charge in [0.2, 0.25) is 0 Å². The molecule has 0 bridgehead atoms. The van der Waals surface area contributed by atoms with Crippen molar-refractivity contribution in [2.45, 2.75) is 13.0 Å². The highest BCUT2D eigenvalue weighted by atomic mass is 79.9. The van der Waals surface area contributed by atoms with Gasteiger partial charge in [0, 0.05) is 10.0 Å². The number of benzene rings is 1. The molecular weight excluding hydrogens is 258 g/mol. The molecule has 0 aliphatic carbocycles. The van der Waals surface area contributed by atoms with Gasteiger partial charge in [-0.05, 0) is 19.1 Å². The summed E-state index contributed by atoms with van der Waals surface area (Å²) in [5, 5.41) is 20.0. The van der Waals surface area contributed by atoms with Crippen molar-refractivity contribution in [1.29, 1.82) is 0 Å². The molecule has 0 radical (unpaired) electrons. The summed E-state index contributed by atoms with van der Waals surface area (Å²) in [5.74, 6) is 0. The largest absolute Gasteiger partial charge is 0.387 e. The first-order chi connectivity index (χ1) is 7.18. The quantitative estimate of drug-likeness (QED) is 0.878. The van der Waals surface area contributed by atoms with Crippen LogP contribution in [-0.2, 0) is 0 Å². The average Bonchev–Trinajstić information content (AvgIpc) is 2.65. The number of aromatic nitrogens is 3. The molecule has 4 nitrogen and oxygen atoms in total. The highest BCUT2D eigenvalue weighted by molar-refractivity contribution is 9.10. The van der Waals surface area contributed by atoms with Crippen LogP contribution in [0.4, 0.5) is 0 Å². The van der Waals surface area contributed by atoms with Crippen LogP contribution >= 0.6 is 15.9 Å². The monoisotopic (exact) mass is 267 g/mol. The summed E-state index contributed by atoms with van der Waals surface area (Å²) in [6.07, 6.45) is -0.627. The number of H-pyrrole nitrogens is 1. The minimum absolute atomic E-state index is 0.563. The van der Waals surface area contributed by atoms with Crippen molar-refractivity contribution in [2.75, 3.05) is 0 Å². The van der Waals surface area contributed by atoms with Gasteiger partial charge in [0.05, 0.1) is 6.10 Å². The molecule has 1 aromatic heterocycles. The number of aliphatic hydroxyl groups is 1. The third-order valence-corrected chi connectivity index (χ3v) is 2.56. The molecule has 2 N–H and O–H groups in total. The van der Waals surface area contributed by atoms with Crippen LogP contribution in [0.2, 0.25) is 0 Å². The maximum absolute atomic E-state index is 9.49. The van der Waals surface area contributed by atoms with E-state index >= 15 is 0 Å². The van der Waals surface area contributed by atoms with Crippen LogP contribution in [0.3, 0.4) is 0 Å². The molecule has 0 saturated heterocycles. The maximum Gasteiger partial charge on any atom is 0.119 e. The molecule has 78 valence electrons. The number of hydrogen-bond donors (Lipinski definition) is 2. The second kappa shape index (κ2) is 4.12. The SMILES string of the molecule is CC(O)c1n[nH]nc1-c1cccc(Br)c1. The normalized spacial score (nSPS) is 12.7. The second-order valence-corrected chi connectivity index (χ2v) is 4.16. The molecule has 0 aliphatic heterocycles. The Morgan fingerprint density at radius 3 is 2.87 bits per heavy atom. The van der Waals surface area contributed by atoms with E-state index in [4.69, 9.17) is 0 Å². The van der Waals surface area contributed by atoms with Gasteiger partial charge >= 0.3 is 0 Å². The van der Waals surface area contributed by atoms with Crippen LogP contribution in [0.25, 0.3) is 11.3 Å². The fraction of sp³-hybridized carbons (Fsp3) is 0.200. The molecule has 2 aromatic rings. The molecule has 15 heavy (non-hydrogen) atoms. The van der Waals surface area contributed by atoms with Crippen molar-refractivity contribution in [1.82, 2.24) is 15.4 Å². The van der Waals surface area contributed by atoms with Crippen LogP contribution < -0.4 is 0 Å². The lowest BCUT2D eigenvalue weighted by atomic mass is 10.1. The van der Waals surface area contributed by atoms with E-state index < -0.39 is 6.10 Å². The van der Waals surface area contributed by atoms with Gasteiger partial charge in [-0.15, -0.1) is 0 Å². The summed E-state index contributed by atoms with van der Waals surface area (Å²) >= 11 is 3.39. The van der Waals surface area contributed by atoms with Crippen molar-refractivity contribution in [3.63, 3.8) is 0 Å². The van der Waals surface area contributed by atoms with Crippen molar-refractivity contribution in [3.05, 3.63) is 34.4 Å². The Kier molecular flexibility index (Phi) is 2.83. The van der Waals surface area contributed by atoms with Gasteiger partial charge in [-0.1, -0.05) is 28.1 Å². The topological polar surface area (TPSA) is 61.8 Å². The molecule has 1 aromatic carbocycles. The first-order valence-corrected chi connectivity index (χ1v) is 5.32. The molecule has 5 heteroatoms. The van der Waals surface area contributed by atoms with Crippen LogP contribution in [0.1, 0.15) is 18.7 Å². The number of halogens is 1. The summed E-state index contributed by atoms with van der Waals surface area (Å²) in [6, 6.07) is 7.71. The van der Waals surface area contributed by atoms with Gasteiger partial charge in [0.15, 0.2) is 0 Å². The molecule has 0 fully saturated rings. The zero-order valence-corrected chi connectivity index (χ0v) is 9.69. The third kappa shape index (κ3) is 2.08. The molecule has 1 unspecified atom stereocenters. The zero-order chi connectivity index (χ0) is 10.8. The average molecular weight is 268 g/mol. The first kappa shape index (κ1) is 10.3. The van der Waals surface area contributed by atoms with Gasteiger partial charge in [0.1, 0.15) is 11.4 Å². The van der Waals surface area contributed by atoms with E-state index in [0.29, 0.717) is 11.4 Å². The molecule has 0 spiro atoms. The van der Waals surface area contributed by atoms with Crippen molar-refractivity contribution >= 4 is 15.9 Å². The Bertz CT molecular complexity index is 467. The molecular formula is C10H10BrN3O. The Hall–Kier alpha value is -1.20. The van der Waals surface area contributed by atoms with Gasteiger partial charge < -0.3 is 5.11 Å². The lowest BCUT2D eigenvalue weighted by molar-refractivity contribution is 0.195. The molecule has 0 saturated carbocycles. The van der Waals surface area contributed by atoms with Crippen LogP contribution in [0, 0.1) is 0 Å². The third-order valence-electron chi connectivity index (χ3n) is 2.07. The van der Waals surface area contributed by atoms with Crippen LogP contribution in [0.5, 0.6) is 0 Å². The first-order valence-electron chi connectivity index (χ1n) is 4.53. The fourth-order valence-electron chi connectivity index (χ4n) is 1.38. The van der Waals surface area contributed by atoms with E-state index in [-0.39, 0.29) is 0 Å². The Balaban J connectivity index is 2.49. The standard InChI is InChI=1S/C10H10BrN3O/c1-6(15)9-10(13-14-12-9)7-3-2-4-8(11)5-7/h2-6,15H,1H3,(H,12,13,14). The van der Waals surface area contributed by atoms with E-state index in [9.17, 15) is 5.11 Å². The van der Waals surface area contributed by atoms with Crippen LogP contribution in [0.15, 0.2) is 28.7 Å². The predicted octanol–water partition coefficient (Wildman–Crippen LogP) is 2.29. The Labute approximate surface area is 95.5 Å². The van der Waals surface area contributed by atoms with E-state index in [1.807, 2.05) is 24.3 Å².